The molecule has 1 aliphatic rings. The second kappa shape index (κ2) is 3.51. The summed E-state index contributed by atoms with van der Waals surface area (Å²) in [4.78, 5) is 0. The van der Waals surface area contributed by atoms with E-state index < -0.39 is 0 Å². The molecule has 0 radical (unpaired) electrons. The average Bonchev–Trinajstić information content (AvgIpc) is 2.91. The maximum atomic E-state index is 9.77. The highest BCUT2D eigenvalue weighted by molar-refractivity contribution is 5.26. The molecule has 1 aromatic rings. The van der Waals surface area contributed by atoms with Crippen LogP contribution in [0.15, 0.2) is 24.3 Å². The van der Waals surface area contributed by atoms with Crippen molar-refractivity contribution in [1.29, 1.82) is 0 Å². The summed E-state index contributed by atoms with van der Waals surface area (Å²) < 4.78 is 0. The number of benzene rings is 1. The van der Waals surface area contributed by atoms with E-state index in [9.17, 15) is 5.11 Å². The van der Waals surface area contributed by atoms with E-state index in [-0.39, 0.29) is 6.10 Å². The molecular formula is C12H16O. The zero-order valence-electron chi connectivity index (χ0n) is 8.03. The second-order valence-electron chi connectivity index (χ2n) is 4.04. The lowest BCUT2D eigenvalue weighted by atomic mass is 10.0. The number of aryl methyl sites for hydroxylation is 1. The monoisotopic (exact) mass is 176 g/mol. The van der Waals surface area contributed by atoms with Gasteiger partial charge in [0.05, 0.1) is 6.10 Å². The van der Waals surface area contributed by atoms with Crippen molar-refractivity contribution in [2.75, 3.05) is 0 Å². The minimum absolute atomic E-state index is 0.110. The van der Waals surface area contributed by atoms with Crippen molar-refractivity contribution in [3.8, 4) is 0 Å². The number of rotatable bonds is 3. The van der Waals surface area contributed by atoms with Gasteiger partial charge in [-0.15, -0.1) is 0 Å². The highest BCUT2D eigenvalue weighted by atomic mass is 16.3. The molecule has 0 bridgehead atoms. The number of aliphatic hydroxyl groups is 1. The van der Waals surface area contributed by atoms with Gasteiger partial charge in [0, 0.05) is 0 Å². The van der Waals surface area contributed by atoms with E-state index >= 15 is 0 Å². The highest BCUT2D eigenvalue weighted by Crippen LogP contribution is 2.34. The summed E-state index contributed by atoms with van der Waals surface area (Å²) in [6, 6.07) is 8.31. The van der Waals surface area contributed by atoms with Crippen LogP contribution in [0.1, 0.15) is 24.0 Å². The topological polar surface area (TPSA) is 20.2 Å². The zero-order chi connectivity index (χ0) is 9.26. The minimum atomic E-state index is -0.110. The SMILES string of the molecule is Cc1ccccc1CC(O)C1CC1. The first-order valence-corrected chi connectivity index (χ1v) is 5.00. The van der Waals surface area contributed by atoms with Crippen LogP contribution in [0.4, 0.5) is 0 Å². The van der Waals surface area contributed by atoms with Crippen LogP contribution in [0.2, 0.25) is 0 Å². The summed E-state index contributed by atoms with van der Waals surface area (Å²) in [7, 11) is 0. The summed E-state index contributed by atoms with van der Waals surface area (Å²) >= 11 is 0. The van der Waals surface area contributed by atoms with Crippen LogP contribution in [-0.2, 0) is 6.42 Å². The van der Waals surface area contributed by atoms with Gasteiger partial charge in [0.2, 0.25) is 0 Å². The van der Waals surface area contributed by atoms with E-state index in [1.807, 2.05) is 12.1 Å². The van der Waals surface area contributed by atoms with Crippen molar-refractivity contribution in [1.82, 2.24) is 0 Å². The molecule has 0 spiro atoms. The summed E-state index contributed by atoms with van der Waals surface area (Å²) in [6.07, 6.45) is 3.15. The summed E-state index contributed by atoms with van der Waals surface area (Å²) in [6.45, 7) is 2.11. The van der Waals surface area contributed by atoms with E-state index in [0.717, 1.165) is 6.42 Å². The predicted molar refractivity (Wildman–Crippen MR) is 53.6 cm³/mol. The Labute approximate surface area is 79.4 Å². The first-order chi connectivity index (χ1) is 6.27. The molecule has 1 aliphatic carbocycles. The Morgan fingerprint density at radius 1 is 1.38 bits per heavy atom. The summed E-state index contributed by atoms with van der Waals surface area (Å²) in [5.74, 6) is 0.583. The van der Waals surface area contributed by atoms with Crippen LogP contribution in [0.3, 0.4) is 0 Å². The Balaban J connectivity index is 2.03. The van der Waals surface area contributed by atoms with Gasteiger partial charge in [-0.25, -0.2) is 0 Å². The van der Waals surface area contributed by atoms with Crippen molar-refractivity contribution >= 4 is 0 Å². The van der Waals surface area contributed by atoms with Crippen molar-refractivity contribution in [2.45, 2.75) is 32.3 Å². The molecule has 1 nitrogen and oxygen atoms in total. The molecule has 1 heteroatoms. The van der Waals surface area contributed by atoms with Gasteiger partial charge in [-0.2, -0.15) is 0 Å². The predicted octanol–water partition coefficient (Wildman–Crippen LogP) is 2.31. The van der Waals surface area contributed by atoms with Gasteiger partial charge in [0.25, 0.3) is 0 Å². The van der Waals surface area contributed by atoms with Crippen LogP contribution in [0.25, 0.3) is 0 Å². The lowest BCUT2D eigenvalue weighted by Gasteiger charge is -2.10. The quantitative estimate of drug-likeness (QED) is 0.749. The molecule has 1 atom stereocenters. The Hall–Kier alpha value is -0.820. The molecule has 13 heavy (non-hydrogen) atoms. The summed E-state index contributed by atoms with van der Waals surface area (Å²) in [5.41, 5.74) is 2.59. The molecule has 0 amide bonds. The lowest BCUT2D eigenvalue weighted by Crippen LogP contribution is -2.13. The third-order valence-corrected chi connectivity index (χ3v) is 2.86. The molecule has 1 unspecified atom stereocenters. The van der Waals surface area contributed by atoms with Gasteiger partial charge < -0.3 is 5.11 Å². The molecule has 2 rings (SSSR count). The van der Waals surface area contributed by atoms with E-state index in [1.54, 1.807) is 0 Å². The van der Waals surface area contributed by atoms with Crippen molar-refractivity contribution < 1.29 is 5.11 Å². The van der Waals surface area contributed by atoms with Gasteiger partial charge in [-0.3, -0.25) is 0 Å². The van der Waals surface area contributed by atoms with E-state index in [4.69, 9.17) is 0 Å². The van der Waals surface area contributed by atoms with Gasteiger partial charge >= 0.3 is 0 Å². The third-order valence-electron chi connectivity index (χ3n) is 2.86. The molecule has 0 heterocycles. The smallest absolute Gasteiger partial charge is 0.0608 e. The molecule has 1 N–H and O–H groups in total. The standard InChI is InChI=1S/C12H16O/c1-9-4-2-3-5-11(9)8-12(13)10-6-7-10/h2-5,10,12-13H,6-8H2,1H3. The molecule has 1 fully saturated rings. The Kier molecular flexibility index (Phi) is 2.36. The van der Waals surface area contributed by atoms with Crippen LogP contribution in [-0.4, -0.2) is 11.2 Å². The number of hydrogen-bond donors (Lipinski definition) is 1. The largest absolute Gasteiger partial charge is 0.392 e. The van der Waals surface area contributed by atoms with E-state index in [1.165, 1.54) is 24.0 Å². The minimum Gasteiger partial charge on any atom is -0.392 e. The van der Waals surface area contributed by atoms with Crippen LogP contribution in [0, 0.1) is 12.8 Å². The highest BCUT2D eigenvalue weighted by Gasteiger charge is 2.29. The van der Waals surface area contributed by atoms with Crippen molar-refractivity contribution in [2.24, 2.45) is 5.92 Å². The molecule has 1 saturated carbocycles. The van der Waals surface area contributed by atoms with Gasteiger partial charge in [0.1, 0.15) is 0 Å². The second-order valence-corrected chi connectivity index (χ2v) is 4.04. The van der Waals surface area contributed by atoms with Crippen LogP contribution in [0.5, 0.6) is 0 Å². The molecule has 0 saturated heterocycles. The average molecular weight is 176 g/mol. The van der Waals surface area contributed by atoms with Crippen LogP contribution >= 0.6 is 0 Å². The molecular weight excluding hydrogens is 160 g/mol. The fourth-order valence-corrected chi connectivity index (χ4v) is 1.71. The first-order valence-electron chi connectivity index (χ1n) is 5.00. The number of aliphatic hydroxyl groups excluding tert-OH is 1. The van der Waals surface area contributed by atoms with Crippen molar-refractivity contribution in [3.05, 3.63) is 35.4 Å². The van der Waals surface area contributed by atoms with Crippen LogP contribution < -0.4 is 0 Å². The molecule has 0 aliphatic heterocycles. The first kappa shape index (κ1) is 8.76. The lowest BCUT2D eigenvalue weighted by molar-refractivity contribution is 0.151. The van der Waals surface area contributed by atoms with Crippen molar-refractivity contribution in [3.63, 3.8) is 0 Å². The third kappa shape index (κ3) is 2.10. The van der Waals surface area contributed by atoms with Gasteiger partial charge in [-0.05, 0) is 43.2 Å². The summed E-state index contributed by atoms with van der Waals surface area (Å²) in [5, 5.41) is 9.77. The molecule has 1 aromatic carbocycles. The van der Waals surface area contributed by atoms with E-state index in [2.05, 4.69) is 19.1 Å². The van der Waals surface area contributed by atoms with Gasteiger partial charge in [0.15, 0.2) is 0 Å². The fourth-order valence-electron chi connectivity index (χ4n) is 1.71. The van der Waals surface area contributed by atoms with Gasteiger partial charge in [-0.1, -0.05) is 24.3 Å². The maximum absolute atomic E-state index is 9.77. The molecule has 70 valence electrons. The Morgan fingerprint density at radius 2 is 2.08 bits per heavy atom. The Bertz CT molecular complexity index is 289. The molecule has 0 aromatic heterocycles. The zero-order valence-corrected chi connectivity index (χ0v) is 8.03. The Morgan fingerprint density at radius 3 is 2.69 bits per heavy atom. The fraction of sp³-hybridized carbons (Fsp3) is 0.500. The maximum Gasteiger partial charge on any atom is 0.0608 e. The van der Waals surface area contributed by atoms with E-state index in [0.29, 0.717) is 5.92 Å². The number of hydrogen-bond acceptors (Lipinski definition) is 1. The normalized spacial score (nSPS) is 18.6.